The Morgan fingerprint density at radius 3 is 2.36 bits per heavy atom. The van der Waals surface area contributed by atoms with Crippen molar-refractivity contribution in [1.82, 2.24) is 0 Å². The predicted molar refractivity (Wildman–Crippen MR) is 95.7 cm³/mol. The Bertz CT molecular complexity index is 499. The van der Waals surface area contributed by atoms with Crippen LogP contribution in [0, 0.1) is 0 Å². The first-order chi connectivity index (χ1) is 10.3. The van der Waals surface area contributed by atoms with E-state index in [4.69, 9.17) is 0 Å². The van der Waals surface area contributed by atoms with Crippen molar-refractivity contribution in [1.29, 1.82) is 0 Å². The minimum Gasteiger partial charge on any atom is -0.396 e. The van der Waals surface area contributed by atoms with Gasteiger partial charge in [-0.1, -0.05) is 72.1 Å². The van der Waals surface area contributed by atoms with Crippen molar-refractivity contribution >= 4 is 0 Å². The van der Waals surface area contributed by atoms with Crippen LogP contribution >= 0.6 is 0 Å². The summed E-state index contributed by atoms with van der Waals surface area (Å²) in [5.74, 6) is 0.301. The average molecular weight is 303 g/mol. The quantitative estimate of drug-likeness (QED) is 0.669. The van der Waals surface area contributed by atoms with Crippen LogP contribution < -0.4 is 0 Å². The number of hydrogen-bond donors (Lipinski definition) is 1. The molecule has 22 heavy (non-hydrogen) atoms. The molecule has 1 aromatic carbocycles. The van der Waals surface area contributed by atoms with Crippen LogP contribution in [0.5, 0.6) is 0 Å². The summed E-state index contributed by atoms with van der Waals surface area (Å²) in [5, 5.41) is 9.98. The van der Waals surface area contributed by atoms with Gasteiger partial charge in [0.25, 0.3) is 0 Å². The average Bonchev–Trinajstić information content (AvgIpc) is 2.48. The molecule has 1 N–H and O–H groups in total. The maximum atomic E-state index is 9.98. The lowest BCUT2D eigenvalue weighted by molar-refractivity contribution is 0.252. The molecular formula is C21H34O. The van der Waals surface area contributed by atoms with E-state index in [9.17, 15) is 5.11 Å². The van der Waals surface area contributed by atoms with E-state index in [0.29, 0.717) is 5.92 Å². The van der Waals surface area contributed by atoms with Crippen LogP contribution in [-0.4, -0.2) is 11.7 Å². The molecule has 2 rings (SSSR count). The number of aliphatic hydroxyl groups is 1. The van der Waals surface area contributed by atoms with E-state index in [0.717, 1.165) is 6.42 Å². The number of unbranched alkanes of at least 4 members (excludes halogenated alkanes) is 2. The van der Waals surface area contributed by atoms with Gasteiger partial charge in [-0.15, -0.1) is 0 Å². The van der Waals surface area contributed by atoms with Crippen LogP contribution in [-0.2, 0) is 10.8 Å². The molecule has 1 aromatic rings. The molecular weight excluding hydrogens is 268 g/mol. The molecule has 0 bridgehead atoms. The molecule has 1 heteroatoms. The van der Waals surface area contributed by atoms with Crippen LogP contribution in [0.2, 0.25) is 0 Å². The highest BCUT2D eigenvalue weighted by atomic mass is 16.3. The van der Waals surface area contributed by atoms with Crippen molar-refractivity contribution in [3.8, 4) is 0 Å². The van der Waals surface area contributed by atoms with E-state index in [2.05, 4.69) is 52.8 Å². The van der Waals surface area contributed by atoms with E-state index >= 15 is 0 Å². The van der Waals surface area contributed by atoms with Crippen molar-refractivity contribution in [2.75, 3.05) is 6.61 Å². The summed E-state index contributed by atoms with van der Waals surface area (Å²) >= 11 is 0. The largest absolute Gasteiger partial charge is 0.396 e. The third-order valence-corrected chi connectivity index (χ3v) is 5.69. The van der Waals surface area contributed by atoms with Gasteiger partial charge in [-0.25, -0.2) is 0 Å². The maximum Gasteiger partial charge on any atom is 0.0499 e. The van der Waals surface area contributed by atoms with Crippen LogP contribution in [0.4, 0.5) is 0 Å². The fraction of sp³-hybridized carbons (Fsp3) is 0.714. The van der Waals surface area contributed by atoms with Gasteiger partial charge >= 0.3 is 0 Å². The van der Waals surface area contributed by atoms with Gasteiger partial charge in [0.15, 0.2) is 0 Å². The summed E-state index contributed by atoms with van der Waals surface area (Å²) < 4.78 is 0. The molecule has 124 valence electrons. The molecule has 0 saturated carbocycles. The van der Waals surface area contributed by atoms with E-state index in [1.807, 2.05) is 0 Å². The lowest BCUT2D eigenvalue weighted by atomic mass is 9.61. The highest BCUT2D eigenvalue weighted by Crippen LogP contribution is 2.48. The van der Waals surface area contributed by atoms with E-state index in [1.165, 1.54) is 48.8 Å². The maximum absolute atomic E-state index is 9.98. The fourth-order valence-corrected chi connectivity index (χ4v) is 4.10. The molecule has 1 atom stereocenters. The van der Waals surface area contributed by atoms with Crippen LogP contribution in [0.3, 0.4) is 0 Å². The number of aliphatic hydroxyl groups excluding tert-OH is 1. The van der Waals surface area contributed by atoms with Crippen LogP contribution in [0.25, 0.3) is 0 Å². The standard InChI is InChI=1S/C21H34O/c1-6-7-8-10-16(15-22)17-11-9-12-18-19(17)21(4,5)14-13-20(18,2)3/h9,11-12,16,22H,6-8,10,13-15H2,1-5H3. The second-order valence-corrected chi connectivity index (χ2v) is 8.41. The van der Waals surface area contributed by atoms with Gasteiger partial charge in [-0.2, -0.15) is 0 Å². The van der Waals surface area contributed by atoms with Crippen molar-refractivity contribution in [3.05, 3.63) is 34.9 Å². The molecule has 1 unspecified atom stereocenters. The Labute approximate surface area is 137 Å². The molecule has 1 aliphatic rings. The Hall–Kier alpha value is -0.820. The number of rotatable bonds is 6. The van der Waals surface area contributed by atoms with Crippen molar-refractivity contribution in [2.45, 2.75) is 89.9 Å². The first-order valence-corrected chi connectivity index (χ1v) is 9.08. The summed E-state index contributed by atoms with van der Waals surface area (Å²) in [5.41, 5.74) is 4.93. The van der Waals surface area contributed by atoms with E-state index in [-0.39, 0.29) is 17.4 Å². The summed E-state index contributed by atoms with van der Waals surface area (Å²) in [6, 6.07) is 6.80. The fourth-order valence-electron chi connectivity index (χ4n) is 4.10. The summed E-state index contributed by atoms with van der Waals surface area (Å²) in [6.45, 7) is 12.0. The van der Waals surface area contributed by atoms with Crippen molar-refractivity contribution < 1.29 is 5.11 Å². The molecule has 0 saturated heterocycles. The Kier molecular flexibility index (Phi) is 5.37. The molecule has 1 nitrogen and oxygen atoms in total. The molecule has 0 amide bonds. The molecule has 0 aliphatic heterocycles. The van der Waals surface area contributed by atoms with E-state index < -0.39 is 0 Å². The second kappa shape index (κ2) is 6.74. The summed E-state index contributed by atoms with van der Waals surface area (Å²) in [6.07, 6.45) is 7.31. The lowest BCUT2D eigenvalue weighted by Gasteiger charge is -2.44. The van der Waals surface area contributed by atoms with Crippen molar-refractivity contribution in [2.24, 2.45) is 0 Å². The molecule has 0 aromatic heterocycles. The number of benzene rings is 1. The predicted octanol–water partition coefficient (Wildman–Crippen LogP) is 5.69. The Balaban J connectivity index is 2.44. The monoisotopic (exact) mass is 302 g/mol. The minimum atomic E-state index is 0.222. The van der Waals surface area contributed by atoms with Crippen LogP contribution in [0.1, 0.15) is 95.8 Å². The molecule has 1 aliphatic carbocycles. The van der Waals surface area contributed by atoms with Gasteiger partial charge in [-0.05, 0) is 46.8 Å². The normalized spacial score (nSPS) is 20.5. The summed E-state index contributed by atoms with van der Waals surface area (Å²) in [7, 11) is 0. The van der Waals surface area contributed by atoms with Gasteiger partial charge < -0.3 is 5.11 Å². The Morgan fingerprint density at radius 1 is 1.05 bits per heavy atom. The Morgan fingerprint density at radius 2 is 1.73 bits per heavy atom. The molecule has 0 radical (unpaired) electrons. The zero-order valence-electron chi connectivity index (χ0n) is 15.2. The smallest absolute Gasteiger partial charge is 0.0499 e. The third-order valence-electron chi connectivity index (χ3n) is 5.69. The van der Waals surface area contributed by atoms with Gasteiger partial charge in [0.1, 0.15) is 0 Å². The van der Waals surface area contributed by atoms with Crippen molar-refractivity contribution in [3.63, 3.8) is 0 Å². The molecule has 0 spiro atoms. The van der Waals surface area contributed by atoms with Gasteiger partial charge in [-0.3, -0.25) is 0 Å². The highest BCUT2D eigenvalue weighted by molar-refractivity contribution is 5.47. The van der Waals surface area contributed by atoms with E-state index in [1.54, 1.807) is 0 Å². The van der Waals surface area contributed by atoms with Gasteiger partial charge in [0, 0.05) is 12.5 Å². The topological polar surface area (TPSA) is 20.2 Å². The molecule has 0 heterocycles. The summed E-state index contributed by atoms with van der Waals surface area (Å²) in [4.78, 5) is 0. The number of fused-ring (bicyclic) bond motifs is 1. The van der Waals surface area contributed by atoms with Gasteiger partial charge in [0.05, 0.1) is 0 Å². The number of hydrogen-bond acceptors (Lipinski definition) is 1. The first kappa shape index (κ1) is 17.5. The third kappa shape index (κ3) is 3.40. The van der Waals surface area contributed by atoms with Crippen LogP contribution in [0.15, 0.2) is 18.2 Å². The second-order valence-electron chi connectivity index (χ2n) is 8.41. The lowest BCUT2D eigenvalue weighted by Crippen LogP contribution is -2.35. The SMILES string of the molecule is CCCCCC(CO)c1cccc2c1C(C)(C)CCC2(C)C. The minimum absolute atomic E-state index is 0.222. The zero-order valence-corrected chi connectivity index (χ0v) is 15.2. The highest BCUT2D eigenvalue weighted by Gasteiger charge is 2.39. The zero-order chi connectivity index (χ0) is 16.4. The van der Waals surface area contributed by atoms with Gasteiger partial charge in [0.2, 0.25) is 0 Å². The first-order valence-electron chi connectivity index (χ1n) is 9.08. The molecule has 0 fully saturated rings.